The fourth-order valence-electron chi connectivity index (χ4n) is 2.91. The van der Waals surface area contributed by atoms with Gasteiger partial charge < -0.3 is 19.5 Å². The Morgan fingerprint density at radius 2 is 2.00 bits per heavy atom. The van der Waals surface area contributed by atoms with E-state index >= 15 is 0 Å². The van der Waals surface area contributed by atoms with Gasteiger partial charge in [0.15, 0.2) is 17.6 Å². The van der Waals surface area contributed by atoms with Gasteiger partial charge in [0.05, 0.1) is 5.69 Å². The van der Waals surface area contributed by atoms with Gasteiger partial charge in [-0.3, -0.25) is 9.48 Å². The zero-order chi connectivity index (χ0) is 21.1. The largest absolute Gasteiger partial charge is 0.454 e. The number of halogens is 1. The minimum Gasteiger partial charge on any atom is -0.454 e. The van der Waals surface area contributed by atoms with E-state index in [9.17, 15) is 9.59 Å². The maximum absolute atomic E-state index is 12.5. The molecular formula is C20H24ClN3O5. The van der Waals surface area contributed by atoms with Gasteiger partial charge in [-0.2, -0.15) is 5.10 Å². The first-order valence-electron chi connectivity index (χ1n) is 9.36. The monoisotopic (exact) mass is 421 g/mol. The van der Waals surface area contributed by atoms with Crippen molar-refractivity contribution >= 4 is 23.5 Å². The molecular weight excluding hydrogens is 398 g/mol. The number of aryl methyl sites for hydroxylation is 1. The quantitative estimate of drug-likeness (QED) is 0.691. The van der Waals surface area contributed by atoms with E-state index < -0.39 is 18.0 Å². The summed E-state index contributed by atoms with van der Waals surface area (Å²) in [5, 5.41) is 7.25. The summed E-state index contributed by atoms with van der Waals surface area (Å²) in [5.41, 5.74) is 1.49. The van der Waals surface area contributed by atoms with Crippen molar-refractivity contribution in [3.8, 4) is 11.5 Å². The molecule has 0 saturated heterocycles. The maximum atomic E-state index is 12.5. The highest BCUT2D eigenvalue weighted by atomic mass is 35.5. The highest BCUT2D eigenvalue weighted by molar-refractivity contribution is 6.32. The molecule has 0 unspecified atom stereocenters. The molecule has 1 N–H and O–H groups in total. The highest BCUT2D eigenvalue weighted by Crippen LogP contribution is 2.32. The third-order valence-electron chi connectivity index (χ3n) is 4.36. The van der Waals surface area contributed by atoms with Crippen LogP contribution in [0.25, 0.3) is 0 Å². The van der Waals surface area contributed by atoms with E-state index in [1.54, 1.807) is 23.7 Å². The molecule has 1 atom stereocenters. The normalized spacial score (nSPS) is 13.4. The van der Waals surface area contributed by atoms with Crippen LogP contribution in [0.1, 0.15) is 42.4 Å². The lowest BCUT2D eigenvalue weighted by atomic mass is 10.2. The number of hydrogen-bond donors (Lipinski definition) is 1. The second kappa shape index (κ2) is 8.73. The Labute approximate surface area is 174 Å². The van der Waals surface area contributed by atoms with Crippen molar-refractivity contribution in [1.29, 1.82) is 0 Å². The number of ether oxygens (including phenoxy) is 3. The van der Waals surface area contributed by atoms with Gasteiger partial charge in [0.25, 0.3) is 5.91 Å². The number of carbonyl (C=O) groups excluding carboxylic acids is 2. The van der Waals surface area contributed by atoms with Crippen LogP contribution in [0.2, 0.25) is 5.15 Å². The maximum Gasteiger partial charge on any atom is 0.343 e. The van der Waals surface area contributed by atoms with Crippen LogP contribution in [-0.2, 0) is 22.6 Å². The van der Waals surface area contributed by atoms with Gasteiger partial charge in [-0.1, -0.05) is 31.5 Å². The Kier molecular flexibility index (Phi) is 6.32. The highest BCUT2D eigenvalue weighted by Gasteiger charge is 2.26. The fourth-order valence-corrected chi connectivity index (χ4v) is 3.23. The van der Waals surface area contributed by atoms with E-state index in [0.717, 1.165) is 5.56 Å². The first-order valence-corrected chi connectivity index (χ1v) is 9.74. The molecule has 3 rings (SSSR count). The Hall–Kier alpha value is -2.74. The minimum atomic E-state index is -0.986. The first-order chi connectivity index (χ1) is 13.8. The standard InChI is InChI=1S/C20H24ClN3O5/c1-11(2)9-24-18(21)17(12(3)23-24)20(26)29-13(4)19(25)22-8-14-5-6-15-16(7-14)28-10-27-15/h5-7,11,13H,8-10H2,1-4H3,(H,22,25)/t13-/m1/s1. The van der Waals surface area contributed by atoms with Crippen LogP contribution >= 0.6 is 11.6 Å². The summed E-state index contributed by atoms with van der Waals surface area (Å²) in [4.78, 5) is 24.9. The number of rotatable bonds is 7. The number of fused-ring (bicyclic) bond motifs is 1. The molecule has 8 nitrogen and oxygen atoms in total. The minimum absolute atomic E-state index is 0.183. The molecule has 0 radical (unpaired) electrons. The molecule has 1 aliphatic heterocycles. The van der Waals surface area contributed by atoms with Crippen LogP contribution in [-0.4, -0.2) is 34.6 Å². The molecule has 29 heavy (non-hydrogen) atoms. The summed E-state index contributed by atoms with van der Waals surface area (Å²) in [6.07, 6.45) is -0.986. The molecule has 1 aromatic carbocycles. The lowest BCUT2D eigenvalue weighted by Crippen LogP contribution is -2.35. The summed E-state index contributed by atoms with van der Waals surface area (Å²) >= 11 is 6.30. The number of benzene rings is 1. The number of hydrogen-bond acceptors (Lipinski definition) is 6. The topological polar surface area (TPSA) is 91.7 Å². The molecule has 0 spiro atoms. The van der Waals surface area contributed by atoms with Crippen LogP contribution in [0.3, 0.4) is 0 Å². The average Bonchev–Trinajstić information content (AvgIpc) is 3.22. The zero-order valence-electron chi connectivity index (χ0n) is 16.8. The number of carbonyl (C=O) groups is 2. The average molecular weight is 422 g/mol. The second-order valence-corrected chi connectivity index (χ2v) is 7.64. The first kappa shape index (κ1) is 21.0. The predicted molar refractivity (Wildman–Crippen MR) is 106 cm³/mol. The lowest BCUT2D eigenvalue weighted by Gasteiger charge is -2.14. The summed E-state index contributed by atoms with van der Waals surface area (Å²) in [6, 6.07) is 5.41. The van der Waals surface area contributed by atoms with E-state index in [-0.39, 0.29) is 24.1 Å². The van der Waals surface area contributed by atoms with E-state index in [4.69, 9.17) is 25.8 Å². The Morgan fingerprint density at radius 1 is 1.28 bits per heavy atom. The predicted octanol–water partition coefficient (Wildman–Crippen LogP) is 3.09. The smallest absolute Gasteiger partial charge is 0.343 e. The molecule has 1 aromatic heterocycles. The number of aromatic nitrogens is 2. The summed E-state index contributed by atoms with van der Waals surface area (Å²) in [5.74, 6) is 0.538. The molecule has 0 bridgehead atoms. The van der Waals surface area contributed by atoms with Crippen molar-refractivity contribution < 1.29 is 23.8 Å². The van der Waals surface area contributed by atoms with Crippen LogP contribution in [0, 0.1) is 12.8 Å². The van der Waals surface area contributed by atoms with Crippen LogP contribution in [0.15, 0.2) is 18.2 Å². The number of nitrogens with one attached hydrogen (secondary N) is 1. The SMILES string of the molecule is Cc1nn(CC(C)C)c(Cl)c1C(=O)O[C@H](C)C(=O)NCc1ccc2c(c1)OCO2. The molecule has 2 heterocycles. The third kappa shape index (κ3) is 4.82. The van der Waals surface area contributed by atoms with Crippen molar-refractivity contribution in [2.75, 3.05) is 6.79 Å². The van der Waals surface area contributed by atoms with Gasteiger partial charge in [-0.25, -0.2) is 4.79 Å². The van der Waals surface area contributed by atoms with Crippen molar-refractivity contribution in [2.45, 2.75) is 46.9 Å². The number of esters is 1. The molecule has 156 valence electrons. The van der Waals surface area contributed by atoms with E-state index in [2.05, 4.69) is 10.4 Å². The molecule has 1 amide bonds. The van der Waals surface area contributed by atoms with Crippen molar-refractivity contribution in [1.82, 2.24) is 15.1 Å². The zero-order valence-corrected chi connectivity index (χ0v) is 17.6. The van der Waals surface area contributed by atoms with E-state index in [0.29, 0.717) is 29.7 Å². The van der Waals surface area contributed by atoms with Gasteiger partial charge in [0, 0.05) is 13.1 Å². The van der Waals surface area contributed by atoms with Crippen molar-refractivity contribution in [2.24, 2.45) is 5.92 Å². The van der Waals surface area contributed by atoms with Gasteiger partial charge in [0.1, 0.15) is 10.7 Å². The van der Waals surface area contributed by atoms with Crippen molar-refractivity contribution in [3.63, 3.8) is 0 Å². The van der Waals surface area contributed by atoms with Crippen LogP contribution in [0.5, 0.6) is 11.5 Å². The fraction of sp³-hybridized carbons (Fsp3) is 0.450. The van der Waals surface area contributed by atoms with Gasteiger partial charge >= 0.3 is 5.97 Å². The summed E-state index contributed by atoms with van der Waals surface area (Å²) in [6.45, 7) is 8.28. The van der Waals surface area contributed by atoms with E-state index in [1.165, 1.54) is 6.92 Å². The second-order valence-electron chi connectivity index (χ2n) is 7.28. The van der Waals surface area contributed by atoms with Gasteiger partial charge in [0.2, 0.25) is 6.79 Å². The Balaban J connectivity index is 1.58. The Morgan fingerprint density at radius 3 is 2.72 bits per heavy atom. The van der Waals surface area contributed by atoms with E-state index in [1.807, 2.05) is 19.9 Å². The lowest BCUT2D eigenvalue weighted by molar-refractivity contribution is -0.129. The number of amides is 1. The Bertz CT molecular complexity index is 925. The molecule has 0 saturated carbocycles. The molecule has 9 heteroatoms. The van der Waals surface area contributed by atoms with Gasteiger partial charge in [-0.05, 0) is 37.5 Å². The summed E-state index contributed by atoms with van der Waals surface area (Å²) < 4.78 is 17.5. The third-order valence-corrected chi connectivity index (χ3v) is 4.75. The molecule has 0 fully saturated rings. The molecule has 2 aromatic rings. The molecule has 0 aliphatic carbocycles. The van der Waals surface area contributed by atoms with Crippen LogP contribution in [0.4, 0.5) is 0 Å². The molecule has 1 aliphatic rings. The van der Waals surface area contributed by atoms with Gasteiger partial charge in [-0.15, -0.1) is 0 Å². The van der Waals surface area contributed by atoms with Crippen LogP contribution < -0.4 is 14.8 Å². The number of nitrogens with zero attached hydrogens (tertiary/aromatic N) is 2. The van der Waals surface area contributed by atoms with Crippen molar-refractivity contribution in [3.05, 3.63) is 40.2 Å². The summed E-state index contributed by atoms with van der Waals surface area (Å²) in [7, 11) is 0.